The summed E-state index contributed by atoms with van der Waals surface area (Å²) in [5, 5.41) is 5.91. The number of rotatable bonds is 9. The molecule has 3 aromatic rings. The first-order valence-electron chi connectivity index (χ1n) is 15.2. The number of likely N-dealkylation sites (tertiary alicyclic amines) is 1. The minimum atomic E-state index is -1.06. The molecule has 0 saturated carbocycles. The molecule has 3 amide bonds. The van der Waals surface area contributed by atoms with E-state index in [1.54, 1.807) is 32.2 Å². The van der Waals surface area contributed by atoms with Crippen LogP contribution in [0.3, 0.4) is 0 Å². The van der Waals surface area contributed by atoms with E-state index >= 15 is 0 Å². The summed E-state index contributed by atoms with van der Waals surface area (Å²) in [5.74, 6) is -0.826. The van der Waals surface area contributed by atoms with E-state index in [2.05, 4.69) is 10.6 Å². The summed E-state index contributed by atoms with van der Waals surface area (Å²) in [4.78, 5) is 54.9. The Kier molecular flexibility index (Phi) is 9.62. The number of methoxy groups -OCH3 is 1. The van der Waals surface area contributed by atoms with Crippen molar-refractivity contribution in [1.82, 2.24) is 15.5 Å². The zero-order chi connectivity index (χ0) is 31.1. The second-order valence-corrected chi connectivity index (χ2v) is 11.2. The third-order valence-corrected chi connectivity index (χ3v) is 8.75. The van der Waals surface area contributed by atoms with Gasteiger partial charge in [-0.15, -0.1) is 0 Å². The van der Waals surface area contributed by atoms with Crippen LogP contribution in [0.5, 0.6) is 5.75 Å². The minimum absolute atomic E-state index is 0.0283. The Hall–Kier alpha value is -4.66. The number of carbonyl (C=O) groups is 4. The van der Waals surface area contributed by atoms with E-state index in [0.29, 0.717) is 50.1 Å². The number of piperidine rings is 1. The summed E-state index contributed by atoms with van der Waals surface area (Å²) < 4.78 is 10.4. The fraction of sp³-hybridized carbons (Fsp3) is 0.371. The fourth-order valence-electron chi connectivity index (χ4n) is 6.56. The minimum Gasteiger partial charge on any atom is -0.496 e. The second kappa shape index (κ2) is 13.8. The molecule has 2 N–H and O–H groups in total. The average molecular weight is 598 g/mol. The predicted octanol–water partition coefficient (Wildman–Crippen LogP) is 3.96. The van der Waals surface area contributed by atoms with E-state index in [1.165, 1.54) is 0 Å². The average Bonchev–Trinajstić information content (AvgIpc) is 3.07. The van der Waals surface area contributed by atoms with E-state index in [4.69, 9.17) is 9.47 Å². The maximum absolute atomic E-state index is 14.0. The van der Waals surface area contributed by atoms with Gasteiger partial charge in [0.15, 0.2) is 0 Å². The van der Waals surface area contributed by atoms with Gasteiger partial charge in [-0.25, -0.2) is 0 Å². The number of nitrogens with zero attached hydrogens (tertiary/aromatic N) is 1. The second-order valence-electron chi connectivity index (χ2n) is 11.2. The molecule has 0 radical (unpaired) electrons. The standard InChI is InChI=1S/C35H39N3O6/c1-3-44-31(39)23-36-34(42)35(24-11-5-4-6-12-24)20-17-27(26-13-7-9-15-29(26)35)33(41)38-21-18-25(19-22-38)37-32(40)28-14-8-10-16-30(28)43-2/h4-16,25,27H,3,17-23H2,1-2H3,(H,36,42)(H,37,40)/t27-,35+/m1/s1. The summed E-state index contributed by atoms with van der Waals surface area (Å²) in [6.07, 6.45) is 2.17. The maximum atomic E-state index is 14.0. The van der Waals surface area contributed by atoms with Crippen LogP contribution in [0.15, 0.2) is 78.9 Å². The van der Waals surface area contributed by atoms with Gasteiger partial charge in [0.05, 0.1) is 30.6 Å². The number of hydrogen-bond donors (Lipinski definition) is 2. The highest BCUT2D eigenvalue weighted by molar-refractivity contribution is 5.97. The third kappa shape index (κ3) is 6.18. The van der Waals surface area contributed by atoms with E-state index < -0.39 is 17.3 Å². The predicted molar refractivity (Wildman–Crippen MR) is 165 cm³/mol. The molecular formula is C35H39N3O6. The van der Waals surface area contributed by atoms with E-state index in [9.17, 15) is 19.2 Å². The maximum Gasteiger partial charge on any atom is 0.325 e. The molecule has 1 fully saturated rings. The van der Waals surface area contributed by atoms with Crippen molar-refractivity contribution in [3.63, 3.8) is 0 Å². The molecule has 44 heavy (non-hydrogen) atoms. The van der Waals surface area contributed by atoms with Crippen LogP contribution >= 0.6 is 0 Å². The lowest BCUT2D eigenvalue weighted by molar-refractivity contribution is -0.144. The molecule has 0 bridgehead atoms. The zero-order valence-corrected chi connectivity index (χ0v) is 25.2. The molecule has 1 aliphatic heterocycles. The van der Waals surface area contributed by atoms with Crippen LogP contribution in [0.4, 0.5) is 0 Å². The molecule has 230 valence electrons. The lowest BCUT2D eigenvalue weighted by Crippen LogP contribution is -2.51. The van der Waals surface area contributed by atoms with Gasteiger partial charge in [-0.05, 0) is 61.4 Å². The van der Waals surface area contributed by atoms with Gasteiger partial charge in [-0.3, -0.25) is 19.2 Å². The lowest BCUT2D eigenvalue weighted by Gasteiger charge is -2.42. The van der Waals surface area contributed by atoms with Crippen LogP contribution in [0.2, 0.25) is 0 Å². The summed E-state index contributed by atoms with van der Waals surface area (Å²) in [5.41, 5.74) is 1.84. The summed E-state index contributed by atoms with van der Waals surface area (Å²) >= 11 is 0. The Bertz CT molecular complexity index is 1500. The highest BCUT2D eigenvalue weighted by atomic mass is 16.5. The van der Waals surface area contributed by atoms with Gasteiger partial charge < -0.3 is 25.0 Å². The molecule has 2 aliphatic rings. The van der Waals surface area contributed by atoms with Gasteiger partial charge in [-0.1, -0.05) is 66.7 Å². The van der Waals surface area contributed by atoms with Crippen molar-refractivity contribution in [2.45, 2.75) is 50.0 Å². The monoisotopic (exact) mass is 597 g/mol. The highest BCUT2D eigenvalue weighted by Gasteiger charge is 2.49. The van der Waals surface area contributed by atoms with Crippen LogP contribution in [-0.2, 0) is 24.5 Å². The number of hydrogen-bond acceptors (Lipinski definition) is 6. The van der Waals surface area contributed by atoms with Crippen LogP contribution in [-0.4, -0.2) is 68.0 Å². The molecule has 5 rings (SSSR count). The van der Waals surface area contributed by atoms with Gasteiger partial charge in [0, 0.05) is 19.1 Å². The highest BCUT2D eigenvalue weighted by Crippen LogP contribution is 2.48. The first kappa shape index (κ1) is 30.8. The smallest absolute Gasteiger partial charge is 0.325 e. The first-order valence-corrected chi connectivity index (χ1v) is 15.2. The number of fused-ring (bicyclic) bond motifs is 1. The van der Waals surface area contributed by atoms with Crippen LogP contribution in [0.25, 0.3) is 0 Å². The number of amides is 3. The quantitative estimate of drug-likeness (QED) is 0.361. The van der Waals surface area contributed by atoms with Crippen molar-refractivity contribution >= 4 is 23.7 Å². The largest absolute Gasteiger partial charge is 0.496 e. The SMILES string of the molecule is CCOC(=O)CNC(=O)[C@]1(c2ccccc2)CC[C@@H](C(=O)N2CCC(NC(=O)c3ccccc3OC)CC2)c2ccccc21. The van der Waals surface area contributed by atoms with Crippen LogP contribution in [0, 0.1) is 0 Å². The molecule has 0 aromatic heterocycles. The van der Waals surface area contributed by atoms with Gasteiger partial charge >= 0.3 is 5.97 Å². The van der Waals surface area contributed by atoms with Crippen molar-refractivity contribution < 1.29 is 28.7 Å². The Morgan fingerprint density at radius 2 is 1.57 bits per heavy atom. The molecule has 9 heteroatoms. The van der Waals surface area contributed by atoms with Crippen molar-refractivity contribution in [3.8, 4) is 5.75 Å². The van der Waals surface area contributed by atoms with Gasteiger partial charge in [0.2, 0.25) is 11.8 Å². The normalized spacial score (nSPS) is 19.8. The van der Waals surface area contributed by atoms with Gasteiger partial charge in [-0.2, -0.15) is 0 Å². The molecule has 3 aromatic carbocycles. The molecule has 1 aliphatic carbocycles. The fourth-order valence-corrected chi connectivity index (χ4v) is 6.56. The summed E-state index contributed by atoms with van der Waals surface area (Å²) in [7, 11) is 1.54. The van der Waals surface area contributed by atoms with Gasteiger partial charge in [0.1, 0.15) is 12.3 Å². The van der Waals surface area contributed by atoms with E-state index in [1.807, 2.05) is 65.6 Å². The topological polar surface area (TPSA) is 114 Å². The summed E-state index contributed by atoms with van der Waals surface area (Å²) in [6, 6.07) is 24.3. The molecule has 9 nitrogen and oxygen atoms in total. The van der Waals surface area contributed by atoms with Crippen molar-refractivity contribution in [3.05, 3.63) is 101 Å². The molecular weight excluding hydrogens is 558 g/mol. The van der Waals surface area contributed by atoms with E-state index in [-0.39, 0.29) is 36.9 Å². The number of esters is 1. The van der Waals surface area contributed by atoms with Crippen molar-refractivity contribution in [2.24, 2.45) is 0 Å². The molecule has 2 atom stereocenters. The molecule has 1 heterocycles. The van der Waals surface area contributed by atoms with Crippen molar-refractivity contribution in [2.75, 3.05) is 33.4 Å². The third-order valence-electron chi connectivity index (χ3n) is 8.75. The first-order chi connectivity index (χ1) is 21.4. The van der Waals surface area contributed by atoms with Crippen LogP contribution in [0.1, 0.15) is 65.6 Å². The Balaban J connectivity index is 1.33. The number of ether oxygens (including phenoxy) is 2. The van der Waals surface area contributed by atoms with Gasteiger partial charge in [0.25, 0.3) is 5.91 Å². The van der Waals surface area contributed by atoms with Crippen LogP contribution < -0.4 is 15.4 Å². The Morgan fingerprint density at radius 1 is 0.886 bits per heavy atom. The van der Waals surface area contributed by atoms with Crippen molar-refractivity contribution in [1.29, 1.82) is 0 Å². The number of nitrogens with one attached hydrogen (secondary N) is 2. The molecule has 0 unspecified atom stereocenters. The number of carbonyl (C=O) groups excluding carboxylic acids is 4. The Morgan fingerprint density at radius 3 is 2.30 bits per heavy atom. The zero-order valence-electron chi connectivity index (χ0n) is 25.2. The summed E-state index contributed by atoms with van der Waals surface area (Å²) in [6.45, 7) is 2.78. The molecule has 0 spiro atoms. The Labute approximate surface area is 257 Å². The number of para-hydroxylation sites is 1. The lowest BCUT2D eigenvalue weighted by atomic mass is 9.62. The number of benzene rings is 3. The van der Waals surface area contributed by atoms with E-state index in [0.717, 1.165) is 16.7 Å². The molecule has 1 saturated heterocycles.